The predicted octanol–water partition coefficient (Wildman–Crippen LogP) is 1.21. The van der Waals surface area contributed by atoms with Gasteiger partial charge in [0.25, 0.3) is 0 Å². The van der Waals surface area contributed by atoms with Crippen molar-refractivity contribution in [3.63, 3.8) is 0 Å². The number of hydrogen-bond donors (Lipinski definition) is 1. The first kappa shape index (κ1) is 23.5. The third kappa shape index (κ3) is 4.85. The second-order valence-corrected chi connectivity index (χ2v) is 11.4. The fraction of sp³-hybridized carbons (Fsp3) is 0.579. The van der Waals surface area contributed by atoms with Gasteiger partial charge in [0, 0.05) is 19.1 Å². The number of rotatable bonds is 5. The van der Waals surface area contributed by atoms with Crippen LogP contribution in [0.1, 0.15) is 32.3 Å². The van der Waals surface area contributed by atoms with Crippen molar-refractivity contribution in [1.29, 1.82) is 0 Å². The molecular weight excluding hydrogens is 446 g/mol. The van der Waals surface area contributed by atoms with E-state index in [2.05, 4.69) is 4.72 Å². The van der Waals surface area contributed by atoms with Gasteiger partial charge in [-0.05, 0) is 50.5 Å². The summed E-state index contributed by atoms with van der Waals surface area (Å²) < 4.78 is 58.8. The SMILES string of the molecule is CCOC(=O)N1CCC(NS(=O)(=O)c2ccc(N3C(=O)C(C)CS3(=O)=O)cc2C)CC1. The molecule has 172 valence electrons. The van der Waals surface area contributed by atoms with Gasteiger partial charge in [0.15, 0.2) is 0 Å². The average molecular weight is 474 g/mol. The van der Waals surface area contributed by atoms with Crippen molar-refractivity contribution in [2.45, 2.75) is 44.6 Å². The van der Waals surface area contributed by atoms with E-state index in [0.29, 0.717) is 31.5 Å². The number of carbonyl (C=O) groups excluding carboxylic acids is 2. The Morgan fingerprint density at radius 3 is 2.42 bits per heavy atom. The summed E-state index contributed by atoms with van der Waals surface area (Å²) in [7, 11) is -7.64. The number of aryl methyl sites for hydroxylation is 1. The maximum Gasteiger partial charge on any atom is 0.409 e. The van der Waals surface area contributed by atoms with Crippen LogP contribution < -0.4 is 9.03 Å². The van der Waals surface area contributed by atoms with Gasteiger partial charge < -0.3 is 9.64 Å². The number of ether oxygens (including phenoxy) is 1. The summed E-state index contributed by atoms with van der Waals surface area (Å²) >= 11 is 0. The van der Waals surface area contributed by atoms with E-state index < -0.39 is 38.0 Å². The number of nitrogens with zero attached hydrogens (tertiary/aromatic N) is 2. The molecule has 12 heteroatoms. The monoisotopic (exact) mass is 473 g/mol. The summed E-state index contributed by atoms with van der Waals surface area (Å²) in [6, 6.07) is 3.70. The fourth-order valence-electron chi connectivity index (χ4n) is 3.83. The number of nitrogens with one attached hydrogen (secondary N) is 1. The van der Waals surface area contributed by atoms with E-state index in [9.17, 15) is 26.4 Å². The van der Waals surface area contributed by atoms with Crippen LogP contribution in [0.5, 0.6) is 0 Å². The molecule has 2 saturated heterocycles. The molecule has 0 saturated carbocycles. The highest BCUT2D eigenvalue weighted by atomic mass is 32.2. The zero-order valence-electron chi connectivity index (χ0n) is 17.7. The Morgan fingerprint density at radius 1 is 1.26 bits per heavy atom. The molecule has 2 heterocycles. The van der Waals surface area contributed by atoms with E-state index in [0.717, 1.165) is 4.31 Å². The molecule has 3 rings (SSSR count). The summed E-state index contributed by atoms with van der Waals surface area (Å²) in [6.07, 6.45) is 0.497. The smallest absolute Gasteiger partial charge is 0.409 e. The molecule has 2 aliphatic heterocycles. The highest BCUT2D eigenvalue weighted by molar-refractivity contribution is 7.94. The Balaban J connectivity index is 1.73. The third-order valence-electron chi connectivity index (χ3n) is 5.39. The third-order valence-corrected chi connectivity index (χ3v) is 8.93. The van der Waals surface area contributed by atoms with Crippen LogP contribution in [0.3, 0.4) is 0 Å². The maximum absolute atomic E-state index is 12.9. The molecule has 0 aromatic heterocycles. The molecular formula is C19H27N3O7S2. The highest BCUT2D eigenvalue weighted by Gasteiger charge is 2.42. The number of carbonyl (C=O) groups is 2. The largest absolute Gasteiger partial charge is 0.450 e. The molecule has 0 aliphatic carbocycles. The zero-order valence-corrected chi connectivity index (χ0v) is 19.3. The zero-order chi connectivity index (χ0) is 23.0. The van der Waals surface area contributed by atoms with Crippen molar-refractivity contribution in [2.75, 3.05) is 29.8 Å². The van der Waals surface area contributed by atoms with Crippen LogP contribution in [-0.2, 0) is 29.6 Å². The van der Waals surface area contributed by atoms with E-state index >= 15 is 0 Å². The van der Waals surface area contributed by atoms with Gasteiger partial charge in [0.2, 0.25) is 26.0 Å². The molecule has 31 heavy (non-hydrogen) atoms. The van der Waals surface area contributed by atoms with E-state index in [1.807, 2.05) is 0 Å². The summed E-state index contributed by atoms with van der Waals surface area (Å²) in [5.41, 5.74) is 0.463. The summed E-state index contributed by atoms with van der Waals surface area (Å²) in [6.45, 7) is 5.88. The second kappa shape index (κ2) is 8.75. The average Bonchev–Trinajstić information content (AvgIpc) is 2.88. The number of piperidine rings is 1. The van der Waals surface area contributed by atoms with Crippen molar-refractivity contribution in [2.24, 2.45) is 5.92 Å². The van der Waals surface area contributed by atoms with Gasteiger partial charge in [0.1, 0.15) is 0 Å². The number of benzene rings is 1. The van der Waals surface area contributed by atoms with Gasteiger partial charge >= 0.3 is 6.09 Å². The normalized spacial score (nSPS) is 22.0. The Labute approximate surface area is 182 Å². The molecule has 0 bridgehead atoms. The van der Waals surface area contributed by atoms with Crippen LogP contribution >= 0.6 is 0 Å². The van der Waals surface area contributed by atoms with Crippen LogP contribution in [0.25, 0.3) is 0 Å². The lowest BCUT2D eigenvalue weighted by Gasteiger charge is -2.31. The molecule has 1 N–H and O–H groups in total. The van der Waals surface area contributed by atoms with Crippen molar-refractivity contribution in [3.05, 3.63) is 23.8 Å². The molecule has 2 fully saturated rings. The van der Waals surface area contributed by atoms with Crippen LogP contribution in [0.4, 0.5) is 10.5 Å². The number of anilines is 1. The van der Waals surface area contributed by atoms with Gasteiger partial charge in [-0.25, -0.2) is 30.7 Å². The van der Waals surface area contributed by atoms with E-state index in [4.69, 9.17) is 4.74 Å². The van der Waals surface area contributed by atoms with Crippen LogP contribution in [0.2, 0.25) is 0 Å². The number of sulfonamides is 2. The highest BCUT2D eigenvalue weighted by Crippen LogP contribution is 2.31. The van der Waals surface area contributed by atoms with E-state index in [1.165, 1.54) is 18.2 Å². The number of likely N-dealkylation sites (tertiary alicyclic amines) is 1. The molecule has 1 aromatic carbocycles. The molecule has 0 radical (unpaired) electrons. The molecule has 10 nitrogen and oxygen atoms in total. The first-order valence-electron chi connectivity index (χ1n) is 10.1. The Hall–Kier alpha value is -2.18. The lowest BCUT2D eigenvalue weighted by Crippen LogP contribution is -2.46. The van der Waals surface area contributed by atoms with Crippen LogP contribution in [0, 0.1) is 12.8 Å². The fourth-order valence-corrected chi connectivity index (χ4v) is 7.17. The Morgan fingerprint density at radius 2 is 1.90 bits per heavy atom. The van der Waals surface area contributed by atoms with Gasteiger partial charge in [-0.15, -0.1) is 0 Å². The van der Waals surface area contributed by atoms with Crippen LogP contribution in [-0.4, -0.2) is 65.2 Å². The molecule has 1 atom stereocenters. The minimum atomic E-state index is -3.87. The Bertz CT molecular complexity index is 1080. The van der Waals surface area contributed by atoms with Crippen molar-refractivity contribution in [1.82, 2.24) is 9.62 Å². The van der Waals surface area contributed by atoms with E-state index in [1.54, 1.807) is 25.7 Å². The van der Waals surface area contributed by atoms with Gasteiger partial charge in [-0.1, -0.05) is 6.92 Å². The summed E-state index contributed by atoms with van der Waals surface area (Å²) in [5.74, 6) is -1.44. The first-order valence-corrected chi connectivity index (χ1v) is 13.2. The van der Waals surface area contributed by atoms with Gasteiger partial charge in [-0.2, -0.15) is 0 Å². The van der Waals surface area contributed by atoms with Crippen molar-refractivity contribution >= 4 is 37.7 Å². The molecule has 0 spiro atoms. The quantitative estimate of drug-likeness (QED) is 0.680. The summed E-state index contributed by atoms with van der Waals surface area (Å²) in [4.78, 5) is 25.6. The first-order chi connectivity index (χ1) is 14.5. The lowest BCUT2D eigenvalue weighted by atomic mass is 10.1. The minimum Gasteiger partial charge on any atom is -0.450 e. The van der Waals surface area contributed by atoms with Gasteiger partial charge in [0.05, 0.1) is 28.9 Å². The second-order valence-electron chi connectivity index (χ2n) is 7.81. The van der Waals surface area contributed by atoms with Crippen molar-refractivity contribution in [3.8, 4) is 0 Å². The van der Waals surface area contributed by atoms with Crippen molar-refractivity contribution < 1.29 is 31.2 Å². The topological polar surface area (TPSA) is 130 Å². The minimum absolute atomic E-state index is 0.0150. The number of hydrogen-bond acceptors (Lipinski definition) is 7. The van der Waals surface area contributed by atoms with E-state index in [-0.39, 0.29) is 29.0 Å². The summed E-state index contributed by atoms with van der Waals surface area (Å²) in [5, 5.41) is 0. The molecule has 1 unspecified atom stereocenters. The predicted molar refractivity (Wildman–Crippen MR) is 114 cm³/mol. The molecule has 1 aromatic rings. The molecule has 2 amide bonds. The number of amides is 2. The maximum atomic E-state index is 12.9. The molecule has 2 aliphatic rings. The van der Waals surface area contributed by atoms with Gasteiger partial charge in [-0.3, -0.25) is 4.79 Å². The standard InChI is InChI=1S/C19H27N3O7S2/c1-4-29-19(24)21-9-7-15(8-10-21)20-31(27,28)17-6-5-16(11-13(17)2)22-18(23)14(3)12-30(22,25)26/h5-6,11,14-15,20H,4,7-10,12H2,1-3H3. The lowest BCUT2D eigenvalue weighted by molar-refractivity contribution is -0.119. The van der Waals surface area contributed by atoms with Crippen LogP contribution in [0.15, 0.2) is 23.1 Å². The Kier molecular flexibility index (Phi) is 6.63.